The number of benzene rings is 1. The molecule has 1 aromatic rings. The Kier molecular flexibility index (Phi) is 4.56. The minimum absolute atomic E-state index is 0.0237. The van der Waals surface area contributed by atoms with Gasteiger partial charge in [-0.1, -0.05) is 24.8 Å². The van der Waals surface area contributed by atoms with E-state index in [1.165, 1.54) is 18.2 Å². The van der Waals surface area contributed by atoms with Gasteiger partial charge < -0.3 is 14.7 Å². The van der Waals surface area contributed by atoms with E-state index in [2.05, 4.69) is 11.3 Å². The van der Waals surface area contributed by atoms with Crippen molar-refractivity contribution in [1.29, 1.82) is 0 Å². The van der Waals surface area contributed by atoms with Crippen molar-refractivity contribution in [1.82, 2.24) is 5.48 Å². The Bertz CT molecular complexity index is 430. The molecule has 0 aromatic heterocycles. The maximum Gasteiger partial charge on any atom is 0.440 e. The van der Waals surface area contributed by atoms with E-state index >= 15 is 0 Å². The summed E-state index contributed by atoms with van der Waals surface area (Å²) in [5.41, 5.74) is 1.90. The first-order valence-electron chi connectivity index (χ1n) is 4.68. The van der Waals surface area contributed by atoms with Crippen LogP contribution in [0.1, 0.15) is 10.4 Å². The van der Waals surface area contributed by atoms with Gasteiger partial charge in [0.05, 0.1) is 0 Å². The van der Waals surface area contributed by atoms with Crippen molar-refractivity contribution in [2.45, 2.75) is 0 Å². The lowest BCUT2D eigenvalue weighted by Crippen LogP contribution is -2.28. The number of hydrogen-bond donors (Lipinski definition) is 2. The maximum absolute atomic E-state index is 11.0. The Morgan fingerprint density at radius 1 is 1.41 bits per heavy atom. The van der Waals surface area contributed by atoms with Crippen molar-refractivity contribution in [2.24, 2.45) is 0 Å². The number of para-hydroxylation sites is 1. The molecule has 90 valence electrons. The molecule has 6 nitrogen and oxygen atoms in total. The largest absolute Gasteiger partial charge is 0.478 e. The van der Waals surface area contributed by atoms with E-state index in [1.54, 1.807) is 12.1 Å². The molecule has 0 spiro atoms. The summed E-state index contributed by atoms with van der Waals surface area (Å²) in [5, 5.41) is 8.84. The Morgan fingerprint density at radius 3 is 2.76 bits per heavy atom. The third-order valence-corrected chi connectivity index (χ3v) is 1.69. The molecule has 0 saturated heterocycles. The topological polar surface area (TPSA) is 84.9 Å². The third kappa shape index (κ3) is 3.86. The van der Waals surface area contributed by atoms with Crippen LogP contribution in [-0.2, 0) is 4.74 Å². The number of ether oxygens (including phenoxy) is 1. The summed E-state index contributed by atoms with van der Waals surface area (Å²) in [5.74, 6) is -1.13. The highest BCUT2D eigenvalue weighted by molar-refractivity contribution is 5.90. The van der Waals surface area contributed by atoms with Gasteiger partial charge >= 0.3 is 12.1 Å². The molecule has 0 radical (unpaired) electrons. The number of amides is 1. The van der Waals surface area contributed by atoms with Gasteiger partial charge in [0.2, 0.25) is 0 Å². The lowest BCUT2D eigenvalue weighted by Gasteiger charge is -2.08. The summed E-state index contributed by atoms with van der Waals surface area (Å²) in [6.45, 7) is 3.40. The average Bonchev–Trinajstić information content (AvgIpc) is 2.34. The zero-order chi connectivity index (χ0) is 12.7. The maximum atomic E-state index is 11.0. The SMILES string of the molecule is C=CCOC(=O)NOc1ccccc1C(=O)O. The Balaban J connectivity index is 2.60. The van der Waals surface area contributed by atoms with E-state index in [0.29, 0.717) is 0 Å². The zero-order valence-corrected chi connectivity index (χ0v) is 8.88. The molecule has 0 fully saturated rings. The number of carbonyl (C=O) groups is 2. The van der Waals surface area contributed by atoms with E-state index in [-0.39, 0.29) is 17.9 Å². The minimum Gasteiger partial charge on any atom is -0.478 e. The number of hydroxylamine groups is 1. The second-order valence-corrected chi connectivity index (χ2v) is 2.89. The van der Waals surface area contributed by atoms with Gasteiger partial charge in [0.15, 0.2) is 5.75 Å². The van der Waals surface area contributed by atoms with Crippen molar-refractivity contribution in [3.05, 3.63) is 42.5 Å². The van der Waals surface area contributed by atoms with Crippen LogP contribution in [0.15, 0.2) is 36.9 Å². The van der Waals surface area contributed by atoms with Gasteiger partial charge in [-0.2, -0.15) is 5.48 Å². The van der Waals surface area contributed by atoms with Gasteiger partial charge in [-0.25, -0.2) is 9.59 Å². The highest BCUT2D eigenvalue weighted by Gasteiger charge is 2.11. The molecule has 2 N–H and O–H groups in total. The Morgan fingerprint density at radius 2 is 2.12 bits per heavy atom. The normalized spacial score (nSPS) is 9.18. The molecule has 0 bridgehead atoms. The fourth-order valence-corrected chi connectivity index (χ4v) is 0.993. The average molecular weight is 237 g/mol. The standard InChI is InChI=1S/C11H11NO5/c1-2-7-16-11(15)12-17-9-6-4-3-5-8(9)10(13)14/h2-6H,1,7H2,(H,12,15)(H,13,14). The summed E-state index contributed by atoms with van der Waals surface area (Å²) < 4.78 is 4.57. The quantitative estimate of drug-likeness (QED) is 0.600. The van der Waals surface area contributed by atoms with Crippen LogP contribution in [0.4, 0.5) is 4.79 Å². The highest BCUT2D eigenvalue weighted by Crippen LogP contribution is 2.16. The predicted octanol–water partition coefficient (Wildman–Crippen LogP) is 1.59. The molecular weight excluding hydrogens is 226 g/mol. The number of carboxylic acid groups (broad SMARTS) is 1. The summed E-state index contributed by atoms with van der Waals surface area (Å²) in [6.07, 6.45) is 0.565. The van der Waals surface area contributed by atoms with Crippen molar-refractivity contribution < 1.29 is 24.3 Å². The molecule has 0 saturated carbocycles. The van der Waals surface area contributed by atoms with Crippen LogP contribution in [-0.4, -0.2) is 23.8 Å². The second kappa shape index (κ2) is 6.16. The van der Waals surface area contributed by atoms with Gasteiger partial charge in [0, 0.05) is 0 Å². The smallest absolute Gasteiger partial charge is 0.440 e. The Labute approximate surface area is 97.4 Å². The monoisotopic (exact) mass is 237 g/mol. The predicted molar refractivity (Wildman–Crippen MR) is 58.7 cm³/mol. The molecule has 1 rings (SSSR count). The van der Waals surface area contributed by atoms with Crippen molar-refractivity contribution in [3.63, 3.8) is 0 Å². The van der Waals surface area contributed by atoms with Gasteiger partial charge in [-0.15, -0.1) is 0 Å². The first-order chi connectivity index (χ1) is 8.15. The minimum atomic E-state index is -1.15. The second-order valence-electron chi connectivity index (χ2n) is 2.89. The lowest BCUT2D eigenvalue weighted by molar-refractivity contribution is 0.0682. The van der Waals surface area contributed by atoms with Crippen LogP contribution in [0.5, 0.6) is 5.75 Å². The van der Waals surface area contributed by atoms with Crippen LogP contribution >= 0.6 is 0 Å². The molecule has 6 heteroatoms. The summed E-state index contributed by atoms with van der Waals surface area (Å²) in [7, 11) is 0. The molecular formula is C11H11NO5. The molecule has 0 unspecified atom stereocenters. The van der Waals surface area contributed by atoms with Crippen molar-refractivity contribution >= 4 is 12.1 Å². The van der Waals surface area contributed by atoms with E-state index in [9.17, 15) is 9.59 Å². The molecule has 0 aliphatic heterocycles. The van der Waals surface area contributed by atoms with Crippen molar-refractivity contribution in [3.8, 4) is 5.75 Å². The van der Waals surface area contributed by atoms with E-state index < -0.39 is 12.1 Å². The van der Waals surface area contributed by atoms with Gasteiger partial charge in [-0.3, -0.25) is 0 Å². The van der Waals surface area contributed by atoms with Crippen LogP contribution in [0, 0.1) is 0 Å². The molecule has 1 amide bonds. The number of rotatable bonds is 5. The van der Waals surface area contributed by atoms with Gasteiger partial charge in [-0.05, 0) is 12.1 Å². The lowest BCUT2D eigenvalue weighted by atomic mass is 10.2. The fourth-order valence-electron chi connectivity index (χ4n) is 0.993. The molecule has 0 atom stereocenters. The highest BCUT2D eigenvalue weighted by atomic mass is 16.7. The molecule has 1 aromatic carbocycles. The summed E-state index contributed by atoms with van der Waals surface area (Å²) >= 11 is 0. The van der Waals surface area contributed by atoms with Crippen LogP contribution in [0.3, 0.4) is 0 Å². The molecule has 0 aliphatic carbocycles. The van der Waals surface area contributed by atoms with Crippen molar-refractivity contribution in [2.75, 3.05) is 6.61 Å². The number of nitrogens with one attached hydrogen (secondary N) is 1. The number of carbonyl (C=O) groups excluding carboxylic acids is 1. The third-order valence-electron chi connectivity index (χ3n) is 1.69. The molecule has 17 heavy (non-hydrogen) atoms. The van der Waals surface area contributed by atoms with E-state index in [1.807, 2.05) is 5.48 Å². The summed E-state index contributed by atoms with van der Waals surface area (Å²) in [4.78, 5) is 26.6. The first kappa shape index (κ1) is 12.6. The van der Waals surface area contributed by atoms with Crippen LogP contribution < -0.4 is 10.3 Å². The first-order valence-corrected chi connectivity index (χ1v) is 4.68. The molecule has 0 heterocycles. The number of hydrogen-bond acceptors (Lipinski definition) is 4. The number of aromatic carboxylic acids is 1. The fraction of sp³-hybridized carbons (Fsp3) is 0.0909. The Hall–Kier alpha value is -2.50. The van der Waals surface area contributed by atoms with Gasteiger partial charge in [0.1, 0.15) is 12.2 Å². The summed E-state index contributed by atoms with van der Waals surface area (Å²) in [6, 6.07) is 5.90. The zero-order valence-electron chi connectivity index (χ0n) is 8.88. The number of carboxylic acids is 1. The van der Waals surface area contributed by atoms with Crippen LogP contribution in [0.2, 0.25) is 0 Å². The van der Waals surface area contributed by atoms with E-state index in [0.717, 1.165) is 0 Å². The van der Waals surface area contributed by atoms with E-state index in [4.69, 9.17) is 9.94 Å². The van der Waals surface area contributed by atoms with Crippen LogP contribution in [0.25, 0.3) is 0 Å². The van der Waals surface area contributed by atoms with Gasteiger partial charge in [0.25, 0.3) is 0 Å². The molecule has 0 aliphatic rings.